The Morgan fingerprint density at radius 3 is 2.80 bits per heavy atom. The highest BCUT2D eigenvalue weighted by Crippen LogP contribution is 2.21. The number of fused-ring (bicyclic) bond motifs is 1. The molecule has 0 aliphatic rings. The van der Waals surface area contributed by atoms with Gasteiger partial charge >= 0.3 is 0 Å². The van der Waals surface area contributed by atoms with Crippen molar-refractivity contribution in [2.45, 2.75) is 32.3 Å². The third kappa shape index (κ3) is 2.07. The summed E-state index contributed by atoms with van der Waals surface area (Å²) in [7, 11) is 1.94. The van der Waals surface area contributed by atoms with Gasteiger partial charge in [-0.1, -0.05) is 12.1 Å². The van der Waals surface area contributed by atoms with Gasteiger partial charge in [-0.2, -0.15) is 5.10 Å². The Bertz CT molecular complexity index is 710. The fourth-order valence-electron chi connectivity index (χ4n) is 2.42. The van der Waals surface area contributed by atoms with Gasteiger partial charge in [0.1, 0.15) is 11.3 Å². The zero-order chi connectivity index (χ0) is 14.1. The van der Waals surface area contributed by atoms with Gasteiger partial charge in [0.2, 0.25) is 0 Å². The fourth-order valence-corrected chi connectivity index (χ4v) is 2.62. The van der Waals surface area contributed by atoms with Crippen LogP contribution in [0.25, 0.3) is 11.2 Å². The van der Waals surface area contributed by atoms with Gasteiger partial charge in [-0.05, 0) is 6.42 Å². The molecule has 0 aliphatic carbocycles. The summed E-state index contributed by atoms with van der Waals surface area (Å²) >= 11 is 6.02. The zero-order valence-corrected chi connectivity index (χ0v) is 12.2. The first-order chi connectivity index (χ1) is 9.74. The Morgan fingerprint density at radius 2 is 2.15 bits per heavy atom. The van der Waals surface area contributed by atoms with Crippen LogP contribution in [0, 0.1) is 0 Å². The summed E-state index contributed by atoms with van der Waals surface area (Å²) in [5.74, 6) is 1.25. The molecule has 106 valence electrons. The van der Waals surface area contributed by atoms with Crippen molar-refractivity contribution in [2.75, 3.05) is 0 Å². The fraction of sp³-hybridized carbons (Fsp3) is 0.500. The van der Waals surface area contributed by atoms with Gasteiger partial charge in [0.25, 0.3) is 0 Å². The van der Waals surface area contributed by atoms with Crippen molar-refractivity contribution in [3.63, 3.8) is 0 Å². The predicted octanol–water partition coefficient (Wildman–Crippen LogP) is 1.36. The summed E-state index contributed by atoms with van der Waals surface area (Å²) in [5, 5.41) is 12.3. The maximum atomic E-state index is 6.02. The van der Waals surface area contributed by atoms with Crippen LogP contribution in [-0.2, 0) is 32.4 Å². The Kier molecular flexibility index (Phi) is 3.43. The molecule has 3 rings (SSSR count). The van der Waals surface area contributed by atoms with Gasteiger partial charge < -0.3 is 4.57 Å². The van der Waals surface area contributed by atoms with Crippen LogP contribution in [0.3, 0.4) is 0 Å². The van der Waals surface area contributed by atoms with Gasteiger partial charge in [-0.25, -0.2) is 4.98 Å². The van der Waals surface area contributed by atoms with E-state index in [0.29, 0.717) is 5.88 Å². The van der Waals surface area contributed by atoms with E-state index < -0.39 is 0 Å². The molecular weight excluding hydrogens is 278 g/mol. The van der Waals surface area contributed by atoms with Crippen molar-refractivity contribution >= 4 is 22.8 Å². The molecule has 3 aromatic rings. The topological polar surface area (TPSA) is 66.3 Å². The first-order valence-electron chi connectivity index (χ1n) is 6.55. The minimum Gasteiger partial charge on any atom is -0.310 e. The molecule has 0 fully saturated rings. The minimum absolute atomic E-state index is 0.384. The van der Waals surface area contributed by atoms with Crippen LogP contribution in [0.15, 0.2) is 12.4 Å². The lowest BCUT2D eigenvalue weighted by molar-refractivity contribution is 0.512. The third-order valence-electron chi connectivity index (χ3n) is 3.35. The molecule has 0 saturated heterocycles. The van der Waals surface area contributed by atoms with Crippen LogP contribution >= 0.6 is 11.6 Å². The second-order valence-corrected chi connectivity index (χ2v) is 4.84. The van der Waals surface area contributed by atoms with E-state index in [1.165, 1.54) is 0 Å². The molecule has 0 atom stereocenters. The summed E-state index contributed by atoms with van der Waals surface area (Å²) in [6.45, 7) is 3.54. The van der Waals surface area contributed by atoms with Gasteiger partial charge in [0, 0.05) is 19.8 Å². The Hall–Kier alpha value is -1.89. The average molecular weight is 294 g/mol. The Balaban J connectivity index is 2.01. The van der Waals surface area contributed by atoms with E-state index in [9.17, 15) is 0 Å². The van der Waals surface area contributed by atoms with Gasteiger partial charge in [-0.15, -0.1) is 16.7 Å². The number of rotatable bonds is 5. The molecule has 0 aliphatic heterocycles. The Morgan fingerprint density at radius 1 is 1.30 bits per heavy atom. The van der Waals surface area contributed by atoms with Crippen molar-refractivity contribution in [1.29, 1.82) is 0 Å². The number of aryl methyl sites for hydroxylation is 4. The molecule has 0 aromatic carbocycles. The molecule has 20 heavy (non-hydrogen) atoms. The Labute approximate surface area is 121 Å². The number of halogens is 1. The largest absolute Gasteiger partial charge is 0.310 e. The van der Waals surface area contributed by atoms with Crippen LogP contribution in [0.5, 0.6) is 0 Å². The van der Waals surface area contributed by atoms with Crippen molar-refractivity contribution in [3.05, 3.63) is 23.9 Å². The monoisotopic (exact) mass is 293 g/mol. The maximum Gasteiger partial charge on any atom is 0.158 e. The summed E-state index contributed by atoms with van der Waals surface area (Å²) in [4.78, 5) is 4.63. The molecule has 0 radical (unpaired) electrons. The highest BCUT2D eigenvalue weighted by molar-refractivity contribution is 6.16. The molecule has 7 nitrogen and oxygen atoms in total. The molecule has 0 spiro atoms. The molecule has 0 amide bonds. The minimum atomic E-state index is 0.384. The molecule has 8 heteroatoms. The van der Waals surface area contributed by atoms with E-state index >= 15 is 0 Å². The van der Waals surface area contributed by atoms with Crippen LogP contribution < -0.4 is 0 Å². The first kappa shape index (κ1) is 13.1. The van der Waals surface area contributed by atoms with Gasteiger partial charge in [-0.3, -0.25) is 9.36 Å². The van der Waals surface area contributed by atoms with Crippen LogP contribution in [0.4, 0.5) is 0 Å². The van der Waals surface area contributed by atoms with Gasteiger partial charge in [0.05, 0.1) is 24.3 Å². The highest BCUT2D eigenvalue weighted by Gasteiger charge is 2.17. The number of hydrogen-bond donors (Lipinski definition) is 0. The molecule has 0 N–H and O–H groups in total. The molecule has 0 saturated carbocycles. The van der Waals surface area contributed by atoms with E-state index in [1.807, 2.05) is 17.9 Å². The second kappa shape index (κ2) is 5.24. The van der Waals surface area contributed by atoms with Crippen molar-refractivity contribution < 1.29 is 0 Å². The normalized spacial score (nSPS) is 11.6. The number of hydrogen-bond acceptors (Lipinski definition) is 4. The first-order valence-corrected chi connectivity index (χ1v) is 7.09. The van der Waals surface area contributed by atoms with E-state index in [1.54, 1.807) is 10.9 Å². The lowest BCUT2D eigenvalue weighted by Gasteiger charge is -2.07. The lowest BCUT2D eigenvalue weighted by atomic mass is 10.3. The molecule has 0 unspecified atom stereocenters. The number of alkyl halides is 1. The van der Waals surface area contributed by atoms with E-state index in [2.05, 4.69) is 31.9 Å². The number of nitrogens with zero attached hydrogens (tertiary/aromatic N) is 7. The van der Waals surface area contributed by atoms with Crippen molar-refractivity contribution in [1.82, 2.24) is 34.3 Å². The SMILES string of the molecule is CCc1nn(C)c2c1nc(CCl)n2CCn1ccnn1. The van der Waals surface area contributed by atoms with Gasteiger partial charge in [0.15, 0.2) is 5.65 Å². The van der Waals surface area contributed by atoms with Crippen molar-refractivity contribution in [3.8, 4) is 0 Å². The molecule has 3 aromatic heterocycles. The summed E-state index contributed by atoms with van der Waals surface area (Å²) in [6.07, 6.45) is 4.37. The van der Waals surface area contributed by atoms with Crippen LogP contribution in [-0.4, -0.2) is 34.3 Å². The number of imidazole rings is 1. The van der Waals surface area contributed by atoms with Crippen molar-refractivity contribution in [2.24, 2.45) is 7.05 Å². The summed E-state index contributed by atoms with van der Waals surface area (Å²) < 4.78 is 5.77. The van der Waals surface area contributed by atoms with E-state index in [-0.39, 0.29) is 0 Å². The number of aromatic nitrogens is 7. The second-order valence-electron chi connectivity index (χ2n) is 4.58. The standard InChI is InChI=1S/C12H16ClN7/c1-3-9-11-12(18(2)16-9)20(10(8-13)15-11)7-6-19-5-4-14-17-19/h4-5H,3,6-8H2,1-2H3. The predicted molar refractivity (Wildman–Crippen MR) is 75.5 cm³/mol. The molecule has 3 heterocycles. The van der Waals surface area contributed by atoms with E-state index in [0.717, 1.165) is 42.2 Å². The average Bonchev–Trinajstić information content (AvgIpc) is 3.13. The lowest BCUT2D eigenvalue weighted by Crippen LogP contribution is -2.12. The highest BCUT2D eigenvalue weighted by atomic mass is 35.5. The van der Waals surface area contributed by atoms with Crippen LogP contribution in [0.1, 0.15) is 18.4 Å². The smallest absolute Gasteiger partial charge is 0.158 e. The van der Waals surface area contributed by atoms with E-state index in [4.69, 9.17) is 11.6 Å². The molecular formula is C12H16ClN7. The van der Waals surface area contributed by atoms with Crippen LogP contribution in [0.2, 0.25) is 0 Å². The quantitative estimate of drug-likeness (QED) is 0.666. The summed E-state index contributed by atoms with van der Waals surface area (Å²) in [5.41, 5.74) is 2.97. The third-order valence-corrected chi connectivity index (χ3v) is 3.59. The maximum absolute atomic E-state index is 6.02. The summed E-state index contributed by atoms with van der Waals surface area (Å²) in [6, 6.07) is 0. The zero-order valence-electron chi connectivity index (χ0n) is 11.5. The molecule has 0 bridgehead atoms.